The number of hydrogen-bond acceptors (Lipinski definition) is 4. The van der Waals surface area contributed by atoms with Gasteiger partial charge in [-0.05, 0) is 6.07 Å². The molecule has 0 saturated carbocycles. The summed E-state index contributed by atoms with van der Waals surface area (Å²) in [5.74, 6) is 0.169. The lowest BCUT2D eigenvalue weighted by atomic mass is 10.2. The molecule has 2 rings (SSSR count). The van der Waals surface area contributed by atoms with Crippen molar-refractivity contribution in [2.24, 2.45) is 5.14 Å². The molecule has 6 heteroatoms. The van der Waals surface area contributed by atoms with Gasteiger partial charge in [0.25, 0.3) is 0 Å². The molecule has 0 aromatic heterocycles. The molecule has 0 bridgehead atoms. The molecule has 76 valence electrons. The van der Waals surface area contributed by atoms with Crippen LogP contribution in [0, 0.1) is 0 Å². The van der Waals surface area contributed by atoms with Gasteiger partial charge in [0.1, 0.15) is 10.6 Å². The van der Waals surface area contributed by atoms with Crippen LogP contribution < -0.4 is 9.88 Å². The van der Waals surface area contributed by atoms with E-state index in [1.54, 1.807) is 12.1 Å². The minimum Gasteiger partial charge on any atom is -0.463 e. The lowest BCUT2D eigenvalue weighted by Crippen LogP contribution is -2.15. The summed E-state index contributed by atoms with van der Waals surface area (Å²) in [6.45, 7) is 0. The van der Waals surface area contributed by atoms with Gasteiger partial charge in [0.05, 0.1) is 0 Å². The first-order valence-electron chi connectivity index (χ1n) is 3.98. The Morgan fingerprint density at radius 3 is 2.86 bits per heavy atom. The molecule has 3 N–H and O–H groups in total. The first kappa shape index (κ1) is 9.45. The third kappa shape index (κ3) is 1.47. The number of para-hydroxylation sites is 1. The number of primary sulfonamides is 1. The zero-order valence-corrected chi connectivity index (χ0v) is 7.99. The van der Waals surface area contributed by atoms with Gasteiger partial charge in [-0.3, -0.25) is 0 Å². The van der Waals surface area contributed by atoms with Gasteiger partial charge in [0.2, 0.25) is 16.3 Å². The molecule has 1 heterocycles. The number of fused-ring (bicyclic) bond motifs is 1. The van der Waals surface area contributed by atoms with Gasteiger partial charge >= 0.3 is 0 Å². The fourth-order valence-electron chi connectivity index (χ4n) is 1.45. The van der Waals surface area contributed by atoms with Gasteiger partial charge < -0.3 is 9.84 Å². The number of nitrogens with two attached hydrogens (primary N) is 1. The Morgan fingerprint density at radius 1 is 1.50 bits per heavy atom. The van der Waals surface area contributed by atoms with E-state index >= 15 is 0 Å². The van der Waals surface area contributed by atoms with Crippen molar-refractivity contribution in [3.63, 3.8) is 0 Å². The lowest BCUT2D eigenvalue weighted by Gasteiger charge is -2.06. The standard InChI is InChI=1S/C8H9NO4S/c9-14(11,12)6-3-1-2-5-4-7(10)13-8(5)6/h1-3,7,10H,4H2,(H2,9,11,12). The Morgan fingerprint density at radius 2 is 2.21 bits per heavy atom. The van der Waals surface area contributed by atoms with Crippen LogP contribution in [-0.2, 0) is 16.4 Å². The normalized spacial score (nSPS) is 20.3. The Labute approximate surface area is 81.2 Å². The van der Waals surface area contributed by atoms with Crippen LogP contribution in [-0.4, -0.2) is 19.8 Å². The molecule has 1 aliphatic heterocycles. The van der Waals surface area contributed by atoms with Gasteiger partial charge in [-0.2, -0.15) is 0 Å². The molecule has 0 fully saturated rings. The van der Waals surface area contributed by atoms with Gasteiger partial charge in [-0.25, -0.2) is 13.6 Å². The lowest BCUT2D eigenvalue weighted by molar-refractivity contribution is 0.000495. The largest absolute Gasteiger partial charge is 0.463 e. The summed E-state index contributed by atoms with van der Waals surface area (Å²) in [5, 5.41) is 14.2. The Bertz CT molecular complexity index is 468. The Kier molecular flexibility index (Phi) is 1.99. The minimum absolute atomic E-state index is 0.0773. The number of aliphatic hydroxyl groups is 1. The van der Waals surface area contributed by atoms with E-state index in [0.717, 1.165) is 0 Å². The van der Waals surface area contributed by atoms with E-state index in [0.29, 0.717) is 12.0 Å². The summed E-state index contributed by atoms with van der Waals surface area (Å²) in [7, 11) is -3.79. The molecule has 1 unspecified atom stereocenters. The maximum Gasteiger partial charge on any atom is 0.241 e. The van der Waals surface area contributed by atoms with Gasteiger partial charge in [-0.15, -0.1) is 0 Å². The van der Waals surface area contributed by atoms with E-state index < -0.39 is 16.3 Å². The summed E-state index contributed by atoms with van der Waals surface area (Å²) in [6, 6.07) is 4.62. The SMILES string of the molecule is NS(=O)(=O)c1cccc2c1OC(O)C2. The van der Waals surface area contributed by atoms with Crippen LogP contribution in [0.15, 0.2) is 23.1 Å². The van der Waals surface area contributed by atoms with E-state index in [2.05, 4.69) is 0 Å². The van der Waals surface area contributed by atoms with Gasteiger partial charge in [0.15, 0.2) is 0 Å². The second kappa shape index (κ2) is 2.94. The zero-order valence-electron chi connectivity index (χ0n) is 7.17. The van der Waals surface area contributed by atoms with Crippen LogP contribution in [0.25, 0.3) is 0 Å². The number of hydrogen-bond donors (Lipinski definition) is 2. The van der Waals surface area contributed by atoms with Crippen LogP contribution in [0.4, 0.5) is 0 Å². The van der Waals surface area contributed by atoms with E-state index in [9.17, 15) is 13.5 Å². The molecular formula is C8H9NO4S. The number of rotatable bonds is 1. The molecule has 5 nitrogen and oxygen atoms in total. The van der Waals surface area contributed by atoms with Crippen molar-refractivity contribution in [3.8, 4) is 5.75 Å². The van der Waals surface area contributed by atoms with Crippen molar-refractivity contribution in [1.29, 1.82) is 0 Å². The summed E-state index contributed by atoms with van der Waals surface area (Å²) >= 11 is 0. The first-order valence-corrected chi connectivity index (χ1v) is 5.52. The molecule has 1 aliphatic rings. The number of aliphatic hydroxyl groups excluding tert-OH is 1. The van der Waals surface area contributed by atoms with E-state index in [1.165, 1.54) is 6.07 Å². The highest BCUT2D eigenvalue weighted by Crippen LogP contribution is 2.33. The molecule has 0 radical (unpaired) electrons. The number of sulfonamides is 1. The second-order valence-corrected chi connectivity index (χ2v) is 4.60. The van der Waals surface area contributed by atoms with Crippen LogP contribution in [0.1, 0.15) is 5.56 Å². The smallest absolute Gasteiger partial charge is 0.241 e. The fraction of sp³-hybridized carbons (Fsp3) is 0.250. The minimum atomic E-state index is -3.79. The van der Waals surface area contributed by atoms with Gasteiger partial charge in [0, 0.05) is 12.0 Å². The van der Waals surface area contributed by atoms with E-state index in [4.69, 9.17) is 9.88 Å². The molecular weight excluding hydrogens is 206 g/mol. The van der Waals surface area contributed by atoms with Crippen molar-refractivity contribution in [2.75, 3.05) is 0 Å². The van der Waals surface area contributed by atoms with Crippen LogP contribution in [0.3, 0.4) is 0 Å². The van der Waals surface area contributed by atoms with Crippen molar-refractivity contribution in [3.05, 3.63) is 23.8 Å². The Balaban J connectivity index is 2.62. The molecule has 0 aliphatic carbocycles. The molecule has 0 saturated heterocycles. The topological polar surface area (TPSA) is 89.6 Å². The zero-order chi connectivity index (χ0) is 10.3. The highest BCUT2D eigenvalue weighted by molar-refractivity contribution is 7.89. The quantitative estimate of drug-likeness (QED) is 0.666. The van der Waals surface area contributed by atoms with Crippen molar-refractivity contribution >= 4 is 10.0 Å². The van der Waals surface area contributed by atoms with Crippen LogP contribution in [0.5, 0.6) is 5.75 Å². The maximum absolute atomic E-state index is 11.1. The third-order valence-corrected chi connectivity index (χ3v) is 2.95. The van der Waals surface area contributed by atoms with E-state index in [-0.39, 0.29) is 10.6 Å². The summed E-state index contributed by atoms with van der Waals surface area (Å²) < 4.78 is 27.2. The monoisotopic (exact) mass is 215 g/mol. The summed E-state index contributed by atoms with van der Waals surface area (Å²) in [4.78, 5) is -0.0773. The summed E-state index contributed by atoms with van der Waals surface area (Å²) in [5.41, 5.74) is 0.657. The summed E-state index contributed by atoms with van der Waals surface area (Å²) in [6.07, 6.45) is -0.688. The second-order valence-electron chi connectivity index (χ2n) is 3.07. The average Bonchev–Trinajstić information content (AvgIpc) is 2.41. The van der Waals surface area contributed by atoms with Crippen LogP contribution in [0.2, 0.25) is 0 Å². The maximum atomic E-state index is 11.1. The number of ether oxygens (including phenoxy) is 1. The first-order chi connectivity index (χ1) is 6.48. The molecule has 0 spiro atoms. The molecule has 0 amide bonds. The predicted octanol–water partition coefficient (Wildman–Crippen LogP) is -0.413. The van der Waals surface area contributed by atoms with Gasteiger partial charge in [-0.1, -0.05) is 12.1 Å². The highest BCUT2D eigenvalue weighted by atomic mass is 32.2. The fourth-order valence-corrected chi connectivity index (χ4v) is 2.15. The van der Waals surface area contributed by atoms with Crippen molar-refractivity contribution in [2.45, 2.75) is 17.6 Å². The number of benzene rings is 1. The highest BCUT2D eigenvalue weighted by Gasteiger charge is 2.27. The Hall–Kier alpha value is -1.11. The van der Waals surface area contributed by atoms with Crippen molar-refractivity contribution < 1.29 is 18.3 Å². The average molecular weight is 215 g/mol. The van der Waals surface area contributed by atoms with Crippen LogP contribution >= 0.6 is 0 Å². The van der Waals surface area contributed by atoms with E-state index in [1.807, 2.05) is 0 Å². The molecule has 1 aromatic rings. The predicted molar refractivity (Wildman–Crippen MR) is 48.2 cm³/mol. The molecule has 1 aromatic carbocycles. The molecule has 1 atom stereocenters. The molecule has 14 heavy (non-hydrogen) atoms. The third-order valence-electron chi connectivity index (χ3n) is 2.02. The van der Waals surface area contributed by atoms with Crippen molar-refractivity contribution in [1.82, 2.24) is 0 Å².